The van der Waals surface area contributed by atoms with Crippen LogP contribution < -0.4 is 21.1 Å². The molecule has 5 aromatic carbocycles. The van der Waals surface area contributed by atoms with E-state index in [1.54, 1.807) is 30.5 Å². The summed E-state index contributed by atoms with van der Waals surface area (Å²) in [5, 5.41) is 27.2. The molecule has 0 bridgehead atoms. The number of sulfonamides is 1. The van der Waals surface area contributed by atoms with Gasteiger partial charge in [0.05, 0.1) is 24.1 Å². The molecular formula is C50H45N7O9S2. The number of amides is 2. The highest BCUT2D eigenvalue weighted by molar-refractivity contribution is 7.89. The van der Waals surface area contributed by atoms with Crippen molar-refractivity contribution in [3.8, 4) is 34.1 Å². The van der Waals surface area contributed by atoms with Crippen molar-refractivity contribution in [2.24, 2.45) is 5.73 Å². The number of aromatic nitrogens is 3. The first-order valence-electron chi connectivity index (χ1n) is 22.0. The summed E-state index contributed by atoms with van der Waals surface area (Å²) in [5.41, 5.74) is 11.5. The summed E-state index contributed by atoms with van der Waals surface area (Å²) < 4.78 is 43.2. The summed E-state index contributed by atoms with van der Waals surface area (Å²) in [6.45, 7) is 1.02. The molecule has 10 rings (SSSR count). The molecule has 1 fully saturated rings. The molecule has 0 saturated carbocycles. The first-order chi connectivity index (χ1) is 32.8. The van der Waals surface area contributed by atoms with Crippen molar-refractivity contribution in [1.29, 1.82) is 0 Å². The number of piperidine rings is 1. The van der Waals surface area contributed by atoms with Crippen LogP contribution in [0.15, 0.2) is 116 Å². The Hall–Kier alpha value is -7.54. The van der Waals surface area contributed by atoms with Gasteiger partial charge in [-0.3, -0.25) is 9.59 Å². The van der Waals surface area contributed by atoms with Crippen molar-refractivity contribution in [2.45, 2.75) is 43.9 Å². The van der Waals surface area contributed by atoms with E-state index in [0.717, 1.165) is 38.9 Å². The predicted molar refractivity (Wildman–Crippen MR) is 256 cm³/mol. The Balaban J connectivity index is 0.795. The number of thiocarbonyl (C=S) groups is 1. The molecule has 7 aromatic rings. The summed E-state index contributed by atoms with van der Waals surface area (Å²) >= 11 is 5.28. The fourth-order valence-corrected chi connectivity index (χ4v) is 11.2. The van der Waals surface area contributed by atoms with Crippen LogP contribution in [0.1, 0.15) is 79.5 Å². The van der Waals surface area contributed by atoms with Gasteiger partial charge < -0.3 is 45.6 Å². The highest BCUT2D eigenvalue weighted by Gasteiger charge is 2.54. The molecule has 68 heavy (non-hydrogen) atoms. The quantitative estimate of drug-likeness (QED) is 0.0426. The first-order valence-corrected chi connectivity index (χ1v) is 24.1. The number of rotatable bonds is 13. The monoisotopic (exact) mass is 951 g/mol. The van der Waals surface area contributed by atoms with Crippen LogP contribution in [0.25, 0.3) is 22.0 Å². The van der Waals surface area contributed by atoms with E-state index in [2.05, 4.69) is 37.4 Å². The third kappa shape index (κ3) is 8.20. The Kier molecular flexibility index (Phi) is 11.5. The molecule has 7 N–H and O–H groups in total. The maximum atomic E-state index is 13.7. The smallest absolute Gasteiger partial charge is 0.340 e. The molecule has 18 heteroatoms. The first kappa shape index (κ1) is 44.3. The number of benzene rings is 5. The van der Waals surface area contributed by atoms with Gasteiger partial charge in [0.25, 0.3) is 5.91 Å². The van der Waals surface area contributed by atoms with Crippen LogP contribution in [0.4, 0.5) is 0 Å². The number of phenolic OH excluding ortho intramolecular Hbond substituents is 2. The second-order valence-corrected chi connectivity index (χ2v) is 19.7. The number of H-pyrrole nitrogens is 1. The number of hydrogen-bond donors (Lipinski definition) is 6. The Bertz CT molecular complexity index is 3240. The molecule has 0 atom stereocenters. The lowest BCUT2D eigenvalue weighted by molar-refractivity contribution is -0.120. The zero-order valence-electron chi connectivity index (χ0n) is 36.4. The largest absolute Gasteiger partial charge is 0.508 e. The van der Waals surface area contributed by atoms with Gasteiger partial charge in [0, 0.05) is 107 Å². The Morgan fingerprint density at radius 1 is 0.882 bits per heavy atom. The number of aromatic amines is 1. The average Bonchev–Trinajstić information content (AvgIpc) is 4.06. The molecule has 16 nitrogen and oxygen atoms in total. The van der Waals surface area contributed by atoms with Crippen molar-refractivity contribution in [2.75, 3.05) is 25.4 Å². The van der Waals surface area contributed by atoms with Gasteiger partial charge in [-0.1, -0.05) is 48.6 Å². The minimum Gasteiger partial charge on any atom is -0.508 e. The van der Waals surface area contributed by atoms with E-state index in [4.69, 9.17) is 27.4 Å². The Morgan fingerprint density at radius 3 is 2.32 bits per heavy atom. The van der Waals surface area contributed by atoms with Crippen LogP contribution in [-0.4, -0.2) is 85.6 Å². The third-order valence-corrected chi connectivity index (χ3v) is 15.1. The van der Waals surface area contributed by atoms with E-state index in [9.17, 15) is 33.0 Å². The van der Waals surface area contributed by atoms with Gasteiger partial charge in [0.15, 0.2) is 5.60 Å². The Labute approximate surface area is 395 Å². The number of imidazole rings is 1. The molecule has 1 spiro atoms. The van der Waals surface area contributed by atoms with Crippen LogP contribution in [0, 0.1) is 0 Å². The second kappa shape index (κ2) is 17.6. The summed E-state index contributed by atoms with van der Waals surface area (Å²) in [5.74, 6) is -1.13. The van der Waals surface area contributed by atoms with Crippen molar-refractivity contribution in [3.63, 3.8) is 0 Å². The van der Waals surface area contributed by atoms with Crippen LogP contribution in [0.2, 0.25) is 0 Å². The lowest BCUT2D eigenvalue weighted by atomic mass is 9.77. The van der Waals surface area contributed by atoms with E-state index in [0.29, 0.717) is 54.2 Å². The molecule has 3 aliphatic heterocycles. The number of aromatic hydroxyl groups is 2. The van der Waals surface area contributed by atoms with Gasteiger partial charge in [0.2, 0.25) is 15.9 Å². The van der Waals surface area contributed by atoms with E-state index in [1.807, 2.05) is 36.4 Å². The van der Waals surface area contributed by atoms with Crippen molar-refractivity contribution >= 4 is 55.9 Å². The topological polar surface area (TPSA) is 231 Å². The standard InChI is InChI=1S/C50H45N7O9S2/c51-47(67)31-4-1-3-30(20-31)39-27-57(43-19-29(5-9-37(39)43)25-54-46(60)22-33-26-52-28-55-33)34-13-16-56(17-14-34)68(63,64)18-2-15-53-48(61)32-6-10-40-38(21-32)49(62)66-50(40)41-11-7-35(58)23-44(41)65-45-24-36(59)8-12-42(45)50/h1,3-12,19-21,23-24,26-28,34,58-59H,2,13-18,22,25H2,(H2,51,67)(H,52,55)(H,53,61)(H,54,60). The van der Waals surface area contributed by atoms with Gasteiger partial charge in [-0.25, -0.2) is 22.5 Å². The highest BCUT2D eigenvalue weighted by atomic mass is 32.2. The maximum Gasteiger partial charge on any atom is 0.340 e. The van der Waals surface area contributed by atoms with Gasteiger partial charge in [0.1, 0.15) is 28.0 Å². The Morgan fingerprint density at radius 2 is 1.62 bits per heavy atom. The number of nitrogens with zero attached hydrogens (tertiary/aromatic N) is 3. The minimum atomic E-state index is -3.67. The summed E-state index contributed by atoms with van der Waals surface area (Å²) in [6.07, 6.45) is 6.73. The summed E-state index contributed by atoms with van der Waals surface area (Å²) in [4.78, 5) is 46.9. The molecule has 3 aliphatic rings. The number of esters is 1. The normalized spacial score (nSPS) is 15.3. The number of phenols is 2. The van der Waals surface area contributed by atoms with Crippen molar-refractivity contribution in [3.05, 3.63) is 160 Å². The predicted octanol–water partition coefficient (Wildman–Crippen LogP) is 6.29. The number of hydrogen-bond acceptors (Lipinski definition) is 11. The van der Waals surface area contributed by atoms with Crippen LogP contribution >= 0.6 is 12.2 Å². The zero-order chi connectivity index (χ0) is 47.3. The molecular weight excluding hydrogens is 907 g/mol. The summed E-state index contributed by atoms with van der Waals surface area (Å²) in [7, 11) is -3.67. The van der Waals surface area contributed by atoms with Gasteiger partial charge >= 0.3 is 5.97 Å². The second-order valence-electron chi connectivity index (χ2n) is 17.1. The molecule has 0 radical (unpaired) electrons. The number of carbonyl (C=O) groups excluding carboxylic acids is 3. The average molecular weight is 952 g/mol. The third-order valence-electron chi connectivity index (χ3n) is 12.9. The zero-order valence-corrected chi connectivity index (χ0v) is 38.0. The summed E-state index contributed by atoms with van der Waals surface area (Å²) in [6, 6.07) is 27.4. The molecule has 346 valence electrons. The lowest BCUT2D eigenvalue weighted by Gasteiger charge is -2.36. The lowest BCUT2D eigenvalue weighted by Crippen LogP contribution is -2.40. The SMILES string of the molecule is NC(=S)c1cccc(-c2cn(C3CCN(S(=O)(=O)CCCNC(=O)c4ccc5c(c4)C(=O)OC54c5ccc(O)cc5Oc5cc(O)ccc54)CC3)c3cc(CNC(=O)Cc4cnc[nH]4)ccc23)c1. The van der Waals surface area contributed by atoms with Crippen LogP contribution in [-0.2, 0) is 38.1 Å². The number of carbonyl (C=O) groups is 3. The van der Waals surface area contributed by atoms with Gasteiger partial charge in [-0.15, -0.1) is 0 Å². The van der Waals surface area contributed by atoms with E-state index >= 15 is 0 Å². The maximum absolute atomic E-state index is 13.7. The number of fused-ring (bicyclic) bond motifs is 7. The van der Waals surface area contributed by atoms with Crippen LogP contribution in [0.3, 0.4) is 0 Å². The number of nitrogens with two attached hydrogens (primary N) is 1. The number of nitrogens with one attached hydrogen (secondary N) is 3. The van der Waals surface area contributed by atoms with E-state index in [-0.39, 0.29) is 71.2 Å². The molecule has 2 aromatic heterocycles. The fourth-order valence-electron chi connectivity index (χ4n) is 9.53. The van der Waals surface area contributed by atoms with Gasteiger partial charge in [-0.2, -0.15) is 0 Å². The fraction of sp³-hybridized carbons (Fsp3) is 0.220. The highest BCUT2D eigenvalue weighted by Crippen LogP contribution is 2.57. The molecule has 0 unspecified atom stereocenters. The molecule has 0 aliphatic carbocycles. The van der Waals surface area contributed by atoms with Crippen molar-refractivity contribution in [1.82, 2.24) is 29.5 Å². The van der Waals surface area contributed by atoms with Crippen molar-refractivity contribution < 1.29 is 42.5 Å². The molecule has 2 amide bonds. The number of ether oxygens (including phenoxy) is 2. The van der Waals surface area contributed by atoms with E-state index in [1.165, 1.54) is 41.0 Å². The molecule has 1 saturated heterocycles. The van der Waals surface area contributed by atoms with Crippen LogP contribution in [0.5, 0.6) is 23.0 Å². The van der Waals surface area contributed by atoms with Gasteiger partial charge in [-0.05, 0) is 78.9 Å². The van der Waals surface area contributed by atoms with E-state index < -0.39 is 27.5 Å². The molecule has 5 heterocycles. The minimum absolute atomic E-state index is 0.0156.